The average molecular weight is 416 g/mol. The highest BCUT2D eigenvalue weighted by atomic mass is 32.1. The third-order valence-electron chi connectivity index (χ3n) is 4.89. The zero-order valence-electron chi connectivity index (χ0n) is 16.5. The molecule has 4 aromatic rings. The molecule has 0 saturated heterocycles. The summed E-state index contributed by atoms with van der Waals surface area (Å²) in [4.78, 5) is 32.9. The van der Waals surface area contributed by atoms with Crippen molar-refractivity contribution in [2.45, 2.75) is 19.4 Å². The molecule has 0 spiro atoms. The Morgan fingerprint density at radius 1 is 1.10 bits per heavy atom. The Labute approximate surface area is 178 Å². The van der Waals surface area contributed by atoms with Crippen LogP contribution in [-0.4, -0.2) is 15.8 Å². The summed E-state index contributed by atoms with van der Waals surface area (Å²) < 4.78 is 0. The molecular formula is C24H21N3O2S. The van der Waals surface area contributed by atoms with E-state index in [0.29, 0.717) is 16.1 Å². The van der Waals surface area contributed by atoms with Gasteiger partial charge in [0.05, 0.1) is 11.2 Å². The molecule has 0 fully saturated rings. The van der Waals surface area contributed by atoms with Crippen molar-refractivity contribution in [1.82, 2.24) is 9.97 Å². The second-order valence-electron chi connectivity index (χ2n) is 6.88. The van der Waals surface area contributed by atoms with Crippen LogP contribution in [0.5, 0.6) is 0 Å². The van der Waals surface area contributed by atoms with E-state index >= 15 is 0 Å². The van der Waals surface area contributed by atoms with Crippen LogP contribution in [0.25, 0.3) is 11.3 Å². The van der Waals surface area contributed by atoms with Crippen molar-refractivity contribution in [1.29, 1.82) is 0 Å². The van der Waals surface area contributed by atoms with Crippen molar-refractivity contribution in [3.8, 4) is 11.3 Å². The minimum Gasteiger partial charge on any atom is -0.371 e. The Kier molecular flexibility index (Phi) is 5.86. The standard InChI is InChI=1S/C24H21N3O2S/c1-2-16-7-6-10-19(13-16)27-21(18-11-12-20(28)25-14-18)23(29)24-22(26-15-30-24)17-8-4-3-5-9-17/h3-15,21,27H,2H2,1H3,(H,25,28). The lowest BCUT2D eigenvalue weighted by Gasteiger charge is -2.19. The van der Waals surface area contributed by atoms with E-state index in [0.717, 1.165) is 17.7 Å². The summed E-state index contributed by atoms with van der Waals surface area (Å²) in [5.41, 5.74) is 5.77. The number of carbonyl (C=O) groups is 1. The first-order valence-electron chi connectivity index (χ1n) is 9.73. The zero-order chi connectivity index (χ0) is 20.9. The van der Waals surface area contributed by atoms with E-state index in [1.165, 1.54) is 23.0 Å². The number of H-pyrrole nitrogens is 1. The molecule has 0 aliphatic heterocycles. The number of nitrogens with zero attached hydrogens (tertiary/aromatic N) is 1. The number of aryl methyl sites for hydroxylation is 1. The maximum absolute atomic E-state index is 13.7. The van der Waals surface area contributed by atoms with Crippen LogP contribution in [0.4, 0.5) is 5.69 Å². The van der Waals surface area contributed by atoms with Crippen LogP contribution in [0.15, 0.2) is 83.2 Å². The molecule has 0 saturated carbocycles. The molecule has 1 unspecified atom stereocenters. The van der Waals surface area contributed by atoms with Crippen molar-refractivity contribution in [2.24, 2.45) is 0 Å². The van der Waals surface area contributed by atoms with Crippen molar-refractivity contribution >= 4 is 22.8 Å². The third-order valence-corrected chi connectivity index (χ3v) is 5.73. The van der Waals surface area contributed by atoms with Gasteiger partial charge < -0.3 is 10.3 Å². The molecule has 0 aliphatic rings. The highest BCUT2D eigenvalue weighted by molar-refractivity contribution is 7.12. The zero-order valence-corrected chi connectivity index (χ0v) is 17.3. The first-order valence-corrected chi connectivity index (χ1v) is 10.6. The van der Waals surface area contributed by atoms with Crippen LogP contribution >= 0.6 is 11.3 Å². The molecule has 2 heterocycles. The number of pyridine rings is 1. The highest BCUT2D eigenvalue weighted by Crippen LogP contribution is 2.31. The number of carbonyl (C=O) groups excluding carboxylic acids is 1. The first kappa shape index (κ1) is 19.8. The fourth-order valence-electron chi connectivity index (χ4n) is 3.30. The maximum Gasteiger partial charge on any atom is 0.247 e. The number of anilines is 1. The Balaban J connectivity index is 1.74. The fraction of sp³-hybridized carbons (Fsp3) is 0.125. The second-order valence-corrected chi connectivity index (χ2v) is 7.73. The molecule has 1 atom stereocenters. The number of thiazole rings is 1. The lowest BCUT2D eigenvalue weighted by molar-refractivity contribution is 0.0973. The van der Waals surface area contributed by atoms with Crippen LogP contribution in [0.3, 0.4) is 0 Å². The predicted molar refractivity (Wildman–Crippen MR) is 121 cm³/mol. The smallest absolute Gasteiger partial charge is 0.247 e. The van der Waals surface area contributed by atoms with E-state index in [1.807, 2.05) is 48.5 Å². The average Bonchev–Trinajstić information content (AvgIpc) is 3.28. The molecule has 4 rings (SSSR count). The molecule has 0 amide bonds. The van der Waals surface area contributed by atoms with E-state index in [2.05, 4.69) is 28.3 Å². The van der Waals surface area contributed by atoms with Crippen LogP contribution in [0.1, 0.15) is 33.8 Å². The normalized spacial score (nSPS) is 11.8. The molecule has 0 radical (unpaired) electrons. The van der Waals surface area contributed by atoms with Crippen molar-refractivity contribution < 1.29 is 4.79 Å². The minimum atomic E-state index is -0.656. The fourth-order valence-corrected chi connectivity index (χ4v) is 4.08. The van der Waals surface area contributed by atoms with Gasteiger partial charge in [0.25, 0.3) is 0 Å². The van der Waals surface area contributed by atoms with Crippen molar-refractivity contribution in [3.63, 3.8) is 0 Å². The molecule has 2 aromatic heterocycles. The Hall–Kier alpha value is -3.51. The number of aromatic nitrogens is 2. The summed E-state index contributed by atoms with van der Waals surface area (Å²) in [5.74, 6) is -0.0923. The summed E-state index contributed by atoms with van der Waals surface area (Å²) in [6.07, 6.45) is 2.49. The molecule has 2 aromatic carbocycles. The van der Waals surface area contributed by atoms with Crippen LogP contribution in [0, 0.1) is 0 Å². The maximum atomic E-state index is 13.7. The minimum absolute atomic E-state index is 0.0923. The highest BCUT2D eigenvalue weighted by Gasteiger charge is 2.27. The lowest BCUT2D eigenvalue weighted by Crippen LogP contribution is -2.22. The number of Topliss-reactive ketones (excluding diaryl/α,β-unsaturated/α-hetero) is 1. The molecule has 0 aliphatic carbocycles. The van der Waals surface area contributed by atoms with Gasteiger partial charge in [-0.15, -0.1) is 11.3 Å². The van der Waals surface area contributed by atoms with E-state index < -0.39 is 6.04 Å². The van der Waals surface area contributed by atoms with Gasteiger partial charge in [0.15, 0.2) is 0 Å². The number of hydrogen-bond donors (Lipinski definition) is 2. The molecule has 5 nitrogen and oxygen atoms in total. The molecule has 30 heavy (non-hydrogen) atoms. The largest absolute Gasteiger partial charge is 0.371 e. The number of hydrogen-bond acceptors (Lipinski definition) is 5. The van der Waals surface area contributed by atoms with Gasteiger partial charge in [0, 0.05) is 23.5 Å². The van der Waals surface area contributed by atoms with Crippen molar-refractivity contribution in [2.75, 3.05) is 5.32 Å². The first-order chi connectivity index (χ1) is 14.7. The number of nitrogens with one attached hydrogen (secondary N) is 2. The Bertz CT molecular complexity index is 1190. The van der Waals surface area contributed by atoms with E-state index in [-0.39, 0.29) is 11.3 Å². The molecule has 2 N–H and O–H groups in total. The molecule has 6 heteroatoms. The van der Waals surface area contributed by atoms with Gasteiger partial charge in [-0.1, -0.05) is 49.4 Å². The topological polar surface area (TPSA) is 74.8 Å². The Morgan fingerprint density at radius 3 is 2.67 bits per heavy atom. The van der Waals surface area contributed by atoms with Gasteiger partial charge in [0.2, 0.25) is 11.3 Å². The molecular weight excluding hydrogens is 394 g/mol. The number of ketones is 1. The van der Waals surface area contributed by atoms with Crippen molar-refractivity contribution in [3.05, 3.63) is 105 Å². The third kappa shape index (κ3) is 4.23. The van der Waals surface area contributed by atoms with E-state index in [4.69, 9.17) is 0 Å². The summed E-state index contributed by atoms with van der Waals surface area (Å²) in [6.45, 7) is 2.09. The number of benzene rings is 2. The second kappa shape index (κ2) is 8.88. The quantitative estimate of drug-likeness (QED) is 0.412. The van der Waals surface area contributed by atoms with Gasteiger partial charge in [-0.05, 0) is 35.7 Å². The van der Waals surface area contributed by atoms with Gasteiger partial charge in [0.1, 0.15) is 10.9 Å². The van der Waals surface area contributed by atoms with Crippen LogP contribution < -0.4 is 10.9 Å². The lowest BCUT2D eigenvalue weighted by atomic mass is 10.00. The predicted octanol–water partition coefficient (Wildman–Crippen LogP) is 5.10. The van der Waals surface area contributed by atoms with Crippen LogP contribution in [0.2, 0.25) is 0 Å². The van der Waals surface area contributed by atoms with Gasteiger partial charge in [-0.3, -0.25) is 9.59 Å². The Morgan fingerprint density at radius 2 is 1.93 bits per heavy atom. The van der Waals surface area contributed by atoms with Gasteiger partial charge in [-0.2, -0.15) is 0 Å². The van der Waals surface area contributed by atoms with Crippen LogP contribution in [-0.2, 0) is 6.42 Å². The molecule has 150 valence electrons. The van der Waals surface area contributed by atoms with Gasteiger partial charge >= 0.3 is 0 Å². The molecule has 0 bridgehead atoms. The van der Waals surface area contributed by atoms with Gasteiger partial charge in [-0.25, -0.2) is 4.98 Å². The SMILES string of the molecule is CCc1cccc(NC(C(=O)c2scnc2-c2ccccc2)c2ccc(=O)[nH]c2)c1. The summed E-state index contributed by atoms with van der Waals surface area (Å²) in [7, 11) is 0. The number of rotatable bonds is 7. The summed E-state index contributed by atoms with van der Waals surface area (Å²) >= 11 is 1.32. The number of aromatic amines is 1. The van der Waals surface area contributed by atoms with E-state index in [9.17, 15) is 9.59 Å². The summed E-state index contributed by atoms with van der Waals surface area (Å²) in [5, 5.41) is 3.36. The van der Waals surface area contributed by atoms with E-state index in [1.54, 1.807) is 17.8 Å². The summed E-state index contributed by atoms with van der Waals surface area (Å²) in [6, 6.07) is 20.1. The monoisotopic (exact) mass is 415 g/mol.